The molecule has 28 heavy (non-hydrogen) atoms. The Balaban J connectivity index is 1.76. The molecule has 0 bridgehead atoms. The van der Waals surface area contributed by atoms with E-state index in [-0.39, 0.29) is 12.4 Å². The van der Waals surface area contributed by atoms with Crippen molar-refractivity contribution in [1.29, 1.82) is 0 Å². The van der Waals surface area contributed by atoms with Crippen LogP contribution < -0.4 is 4.74 Å². The highest BCUT2D eigenvalue weighted by Gasteiger charge is 2.16. The first-order valence-electron chi connectivity index (χ1n) is 9.57. The van der Waals surface area contributed by atoms with E-state index in [0.29, 0.717) is 17.7 Å². The van der Waals surface area contributed by atoms with Gasteiger partial charge in [0.25, 0.3) is 0 Å². The predicted octanol–water partition coefficient (Wildman–Crippen LogP) is 5.38. The molecule has 0 atom stereocenters. The molecule has 0 aliphatic carbocycles. The third kappa shape index (κ3) is 3.49. The van der Waals surface area contributed by atoms with Gasteiger partial charge in [0.15, 0.2) is 5.78 Å². The van der Waals surface area contributed by atoms with Gasteiger partial charge in [-0.2, -0.15) is 0 Å². The van der Waals surface area contributed by atoms with Gasteiger partial charge >= 0.3 is 0 Å². The first-order chi connectivity index (χ1) is 13.8. The molecule has 4 aromatic carbocycles. The fourth-order valence-electron chi connectivity index (χ4n) is 3.56. The summed E-state index contributed by atoms with van der Waals surface area (Å²) in [4.78, 5) is 13.4. The Bertz CT molecular complexity index is 1130. The van der Waals surface area contributed by atoms with Crippen molar-refractivity contribution >= 4 is 27.3 Å². The minimum atomic E-state index is 0.0137. The maximum atomic E-state index is 13.4. The molecule has 1 N–H and O–H groups in total. The van der Waals surface area contributed by atoms with Gasteiger partial charge in [-0.1, -0.05) is 66.7 Å². The van der Waals surface area contributed by atoms with Gasteiger partial charge in [-0.25, -0.2) is 0 Å². The van der Waals surface area contributed by atoms with Crippen LogP contribution in [0, 0.1) is 0 Å². The summed E-state index contributed by atoms with van der Waals surface area (Å²) >= 11 is 0. The number of aliphatic hydroxyl groups excluding tert-OH is 1. The van der Waals surface area contributed by atoms with Gasteiger partial charge in [0.05, 0.1) is 6.61 Å². The summed E-state index contributed by atoms with van der Waals surface area (Å²) in [6, 6.07) is 25.4. The summed E-state index contributed by atoms with van der Waals surface area (Å²) in [6.45, 7) is 0.712. The molecule has 0 amide bonds. The average molecular weight is 370 g/mol. The fraction of sp³-hybridized carbons (Fsp3) is 0.160. The van der Waals surface area contributed by atoms with Crippen LogP contribution in [0.5, 0.6) is 5.75 Å². The normalized spacial score (nSPS) is 11.0. The molecule has 0 aromatic heterocycles. The molecule has 0 fully saturated rings. The number of benzene rings is 4. The van der Waals surface area contributed by atoms with Crippen molar-refractivity contribution in [3.05, 3.63) is 90.0 Å². The molecule has 0 saturated carbocycles. The minimum absolute atomic E-state index is 0.0137. The molecular weight excluding hydrogens is 348 g/mol. The molecule has 4 aromatic rings. The minimum Gasteiger partial charge on any atom is -0.493 e. The summed E-state index contributed by atoms with van der Waals surface area (Å²) in [5.74, 6) is 0.780. The summed E-state index contributed by atoms with van der Waals surface area (Å²) < 4.78 is 5.91. The molecule has 4 rings (SSSR count). The average Bonchev–Trinajstić information content (AvgIpc) is 2.76. The quantitative estimate of drug-likeness (QED) is 0.351. The maximum absolute atomic E-state index is 13.4. The van der Waals surface area contributed by atoms with E-state index >= 15 is 0 Å². The smallest absolute Gasteiger partial charge is 0.194 e. The first-order valence-corrected chi connectivity index (χ1v) is 9.57. The number of carbonyl (C=O) groups is 1. The number of unbranched alkanes of at least 4 members (excludes halogenated alkanes) is 1. The van der Waals surface area contributed by atoms with Gasteiger partial charge in [0, 0.05) is 23.1 Å². The Morgan fingerprint density at radius 2 is 1.39 bits per heavy atom. The predicted molar refractivity (Wildman–Crippen MR) is 113 cm³/mol. The standard InChI is InChI=1S/C25H22O3/c26-16-5-6-17-28-24-15-14-23(20-11-3-4-12-21(20)24)25(27)22-13-7-9-18-8-1-2-10-19(18)22/h1-4,7-15,26H,5-6,16-17H2. The summed E-state index contributed by atoms with van der Waals surface area (Å²) in [5, 5.41) is 12.8. The van der Waals surface area contributed by atoms with E-state index in [0.717, 1.165) is 40.1 Å². The summed E-state index contributed by atoms with van der Waals surface area (Å²) in [7, 11) is 0. The number of rotatable bonds is 7. The van der Waals surface area contributed by atoms with Crippen LogP contribution in [0.15, 0.2) is 78.9 Å². The number of ketones is 1. The number of hydrogen-bond donors (Lipinski definition) is 1. The number of aliphatic hydroxyl groups is 1. The second-order valence-electron chi connectivity index (χ2n) is 6.79. The van der Waals surface area contributed by atoms with Crippen LogP contribution in [0.1, 0.15) is 28.8 Å². The van der Waals surface area contributed by atoms with Crippen molar-refractivity contribution in [1.82, 2.24) is 0 Å². The summed E-state index contributed by atoms with van der Waals surface area (Å²) in [5.41, 5.74) is 1.38. The zero-order chi connectivity index (χ0) is 19.3. The van der Waals surface area contributed by atoms with E-state index in [4.69, 9.17) is 9.84 Å². The Hall–Kier alpha value is -3.17. The Morgan fingerprint density at radius 1 is 0.714 bits per heavy atom. The first kappa shape index (κ1) is 18.2. The van der Waals surface area contributed by atoms with Crippen LogP contribution in [0.3, 0.4) is 0 Å². The van der Waals surface area contributed by atoms with Crippen LogP contribution in [0.25, 0.3) is 21.5 Å². The molecule has 0 aliphatic heterocycles. The highest BCUT2D eigenvalue weighted by molar-refractivity contribution is 6.21. The molecule has 0 saturated heterocycles. The lowest BCUT2D eigenvalue weighted by Crippen LogP contribution is -2.05. The molecule has 3 heteroatoms. The largest absolute Gasteiger partial charge is 0.493 e. The van der Waals surface area contributed by atoms with E-state index in [2.05, 4.69) is 0 Å². The Morgan fingerprint density at radius 3 is 2.21 bits per heavy atom. The Kier molecular flexibility index (Phi) is 5.36. The molecule has 0 unspecified atom stereocenters. The van der Waals surface area contributed by atoms with Crippen molar-refractivity contribution in [2.45, 2.75) is 12.8 Å². The van der Waals surface area contributed by atoms with Crippen molar-refractivity contribution in [3.8, 4) is 5.75 Å². The third-order valence-electron chi connectivity index (χ3n) is 4.97. The number of ether oxygens (including phenoxy) is 1. The van der Waals surface area contributed by atoms with Gasteiger partial charge in [-0.3, -0.25) is 4.79 Å². The van der Waals surface area contributed by atoms with Crippen LogP contribution in [-0.2, 0) is 0 Å². The topological polar surface area (TPSA) is 46.5 Å². The zero-order valence-corrected chi connectivity index (χ0v) is 15.6. The maximum Gasteiger partial charge on any atom is 0.194 e. The second kappa shape index (κ2) is 8.24. The molecule has 0 aliphatic rings. The summed E-state index contributed by atoms with van der Waals surface area (Å²) in [6.07, 6.45) is 1.51. The molecule has 140 valence electrons. The molecule has 0 spiro atoms. The van der Waals surface area contributed by atoms with Gasteiger partial charge in [0.1, 0.15) is 5.75 Å². The third-order valence-corrected chi connectivity index (χ3v) is 4.97. The van der Waals surface area contributed by atoms with Gasteiger partial charge < -0.3 is 9.84 Å². The lowest BCUT2D eigenvalue weighted by atomic mass is 9.93. The lowest BCUT2D eigenvalue weighted by molar-refractivity contribution is 0.104. The molecular formula is C25H22O3. The van der Waals surface area contributed by atoms with Crippen molar-refractivity contribution in [3.63, 3.8) is 0 Å². The lowest BCUT2D eigenvalue weighted by Gasteiger charge is -2.13. The Labute approximate surface area is 164 Å². The van der Waals surface area contributed by atoms with Crippen molar-refractivity contribution in [2.24, 2.45) is 0 Å². The van der Waals surface area contributed by atoms with Crippen LogP contribution in [0.4, 0.5) is 0 Å². The van der Waals surface area contributed by atoms with Gasteiger partial charge in [0.2, 0.25) is 0 Å². The zero-order valence-electron chi connectivity index (χ0n) is 15.6. The van der Waals surface area contributed by atoms with Crippen LogP contribution in [-0.4, -0.2) is 24.1 Å². The van der Waals surface area contributed by atoms with E-state index in [1.807, 2.05) is 78.9 Å². The van der Waals surface area contributed by atoms with Gasteiger partial charge in [-0.05, 0) is 41.1 Å². The number of hydrogen-bond acceptors (Lipinski definition) is 3. The monoisotopic (exact) mass is 370 g/mol. The van der Waals surface area contributed by atoms with Crippen LogP contribution in [0.2, 0.25) is 0 Å². The number of carbonyl (C=O) groups excluding carboxylic acids is 1. The van der Waals surface area contributed by atoms with Crippen LogP contribution >= 0.6 is 0 Å². The van der Waals surface area contributed by atoms with E-state index < -0.39 is 0 Å². The fourth-order valence-corrected chi connectivity index (χ4v) is 3.56. The molecule has 0 heterocycles. The molecule has 3 nitrogen and oxygen atoms in total. The van der Waals surface area contributed by atoms with Crippen molar-refractivity contribution in [2.75, 3.05) is 13.2 Å². The van der Waals surface area contributed by atoms with Crippen molar-refractivity contribution < 1.29 is 14.6 Å². The van der Waals surface area contributed by atoms with Gasteiger partial charge in [-0.15, -0.1) is 0 Å². The number of fused-ring (bicyclic) bond motifs is 2. The highest BCUT2D eigenvalue weighted by Crippen LogP contribution is 2.31. The molecule has 0 radical (unpaired) electrons. The second-order valence-corrected chi connectivity index (χ2v) is 6.79. The SMILES string of the molecule is O=C(c1cccc2ccccc12)c1ccc(OCCCCO)c2ccccc12. The van der Waals surface area contributed by atoms with E-state index in [1.165, 1.54) is 0 Å². The highest BCUT2D eigenvalue weighted by atomic mass is 16.5. The van der Waals surface area contributed by atoms with E-state index in [9.17, 15) is 4.79 Å². The van der Waals surface area contributed by atoms with E-state index in [1.54, 1.807) is 0 Å².